The lowest BCUT2D eigenvalue weighted by Crippen LogP contribution is -2.40. The van der Waals surface area contributed by atoms with Crippen molar-refractivity contribution in [2.75, 3.05) is 56.0 Å². The number of aromatic nitrogens is 2. The Balaban J connectivity index is 1.39. The number of hydrogen-bond acceptors (Lipinski definition) is 7. The van der Waals surface area contributed by atoms with Gasteiger partial charge in [0.1, 0.15) is 18.0 Å². The van der Waals surface area contributed by atoms with Gasteiger partial charge in [0.15, 0.2) is 5.70 Å². The second-order valence-electron chi connectivity index (χ2n) is 9.40. The molecule has 186 valence electrons. The molecule has 0 amide bonds. The molecule has 3 aliphatic heterocycles. The monoisotopic (exact) mass is 477 g/mol. The largest absolute Gasteiger partial charge is 0.434 e. The molecule has 0 bridgehead atoms. The molecule has 0 aromatic carbocycles. The SMILES string of the molecule is C=N/C(=C\N(CCN1CCCC1)CC1CCN(c2ncnc3c2CCC(=C)N3)CC1)C(F)(F)F. The fourth-order valence-electron chi connectivity index (χ4n) is 5.04. The van der Waals surface area contributed by atoms with Crippen LogP contribution in [0.1, 0.15) is 37.7 Å². The van der Waals surface area contributed by atoms with Crippen molar-refractivity contribution in [1.29, 1.82) is 0 Å². The van der Waals surface area contributed by atoms with Crippen molar-refractivity contribution in [2.24, 2.45) is 10.9 Å². The van der Waals surface area contributed by atoms with E-state index in [1.165, 1.54) is 0 Å². The summed E-state index contributed by atoms with van der Waals surface area (Å²) in [4.78, 5) is 18.6. The first-order valence-corrected chi connectivity index (χ1v) is 12.1. The topological polar surface area (TPSA) is 59.9 Å². The molecule has 34 heavy (non-hydrogen) atoms. The van der Waals surface area contributed by atoms with Gasteiger partial charge in [-0.25, -0.2) is 9.97 Å². The van der Waals surface area contributed by atoms with Crippen molar-refractivity contribution in [2.45, 2.75) is 44.7 Å². The van der Waals surface area contributed by atoms with E-state index in [2.05, 4.69) is 43.4 Å². The minimum absolute atomic E-state index is 0.306. The van der Waals surface area contributed by atoms with Crippen LogP contribution in [0.15, 0.2) is 35.5 Å². The Morgan fingerprint density at radius 1 is 1.18 bits per heavy atom. The van der Waals surface area contributed by atoms with E-state index >= 15 is 0 Å². The second kappa shape index (κ2) is 10.8. The van der Waals surface area contributed by atoms with Gasteiger partial charge >= 0.3 is 6.18 Å². The predicted molar refractivity (Wildman–Crippen MR) is 129 cm³/mol. The van der Waals surface area contributed by atoms with Crippen LogP contribution >= 0.6 is 0 Å². The maximum absolute atomic E-state index is 13.3. The molecule has 0 atom stereocenters. The Morgan fingerprint density at radius 2 is 1.91 bits per heavy atom. The van der Waals surface area contributed by atoms with Crippen LogP contribution in [-0.2, 0) is 6.42 Å². The van der Waals surface area contributed by atoms with Gasteiger partial charge in [0.05, 0.1) is 0 Å². The smallest absolute Gasteiger partial charge is 0.374 e. The number of halogens is 3. The summed E-state index contributed by atoms with van der Waals surface area (Å²) < 4.78 is 40.0. The van der Waals surface area contributed by atoms with Crippen LogP contribution in [0.2, 0.25) is 0 Å². The number of nitrogens with zero attached hydrogens (tertiary/aromatic N) is 6. The lowest BCUT2D eigenvalue weighted by atomic mass is 9.95. The van der Waals surface area contributed by atoms with E-state index in [9.17, 15) is 13.2 Å². The number of anilines is 2. The molecule has 0 spiro atoms. The number of piperidine rings is 1. The summed E-state index contributed by atoms with van der Waals surface area (Å²) in [6.07, 6.45) is 4.09. The van der Waals surface area contributed by atoms with Crippen LogP contribution in [0.4, 0.5) is 24.8 Å². The van der Waals surface area contributed by atoms with Gasteiger partial charge in [-0.3, -0.25) is 4.99 Å². The van der Waals surface area contributed by atoms with Gasteiger partial charge in [0.25, 0.3) is 0 Å². The number of alkyl halides is 3. The zero-order chi connectivity index (χ0) is 24.1. The first-order valence-electron chi connectivity index (χ1n) is 12.1. The molecule has 0 aliphatic carbocycles. The van der Waals surface area contributed by atoms with Crippen LogP contribution in [-0.4, -0.2) is 78.5 Å². The van der Waals surface area contributed by atoms with Crippen LogP contribution < -0.4 is 10.2 Å². The van der Waals surface area contributed by atoms with Crippen LogP contribution in [0.3, 0.4) is 0 Å². The van der Waals surface area contributed by atoms with Gasteiger partial charge in [0.2, 0.25) is 0 Å². The van der Waals surface area contributed by atoms with Gasteiger partial charge in [0, 0.05) is 50.2 Å². The molecule has 1 N–H and O–H groups in total. The van der Waals surface area contributed by atoms with E-state index in [0.29, 0.717) is 19.0 Å². The first-order chi connectivity index (χ1) is 16.3. The van der Waals surface area contributed by atoms with Gasteiger partial charge in [-0.1, -0.05) is 6.58 Å². The predicted octanol–water partition coefficient (Wildman–Crippen LogP) is 4.07. The van der Waals surface area contributed by atoms with Crippen LogP contribution in [0.25, 0.3) is 0 Å². The molecule has 1 aromatic heterocycles. The molecule has 0 saturated carbocycles. The van der Waals surface area contributed by atoms with Crippen molar-refractivity contribution < 1.29 is 13.2 Å². The van der Waals surface area contributed by atoms with E-state index in [1.807, 2.05) is 0 Å². The highest BCUT2D eigenvalue weighted by Gasteiger charge is 2.34. The molecule has 7 nitrogen and oxygen atoms in total. The first kappa shape index (κ1) is 24.5. The van der Waals surface area contributed by atoms with E-state index in [-0.39, 0.29) is 0 Å². The van der Waals surface area contributed by atoms with Crippen molar-refractivity contribution in [1.82, 2.24) is 19.8 Å². The number of likely N-dealkylation sites (tertiary alicyclic amines) is 1. The molecular weight excluding hydrogens is 443 g/mol. The normalized spacial score (nSPS) is 20.3. The molecule has 4 heterocycles. The van der Waals surface area contributed by atoms with E-state index in [4.69, 9.17) is 0 Å². The summed E-state index contributed by atoms with van der Waals surface area (Å²) in [7, 11) is 0. The quantitative estimate of drug-likeness (QED) is 0.570. The number of fused-ring (bicyclic) bond motifs is 1. The number of hydrogen-bond donors (Lipinski definition) is 1. The Bertz CT molecular complexity index is 900. The zero-order valence-corrected chi connectivity index (χ0v) is 19.7. The molecule has 4 rings (SSSR count). The Kier molecular flexibility index (Phi) is 7.75. The molecular formula is C24H34F3N7. The summed E-state index contributed by atoms with van der Waals surface area (Å²) >= 11 is 0. The molecule has 10 heteroatoms. The van der Waals surface area contributed by atoms with Crippen molar-refractivity contribution in [3.05, 3.63) is 36.1 Å². The Morgan fingerprint density at radius 3 is 2.59 bits per heavy atom. The molecule has 2 saturated heterocycles. The van der Waals surface area contributed by atoms with Gasteiger partial charge < -0.3 is 20.0 Å². The second-order valence-corrected chi connectivity index (χ2v) is 9.40. The lowest BCUT2D eigenvalue weighted by Gasteiger charge is -2.37. The fourth-order valence-corrected chi connectivity index (χ4v) is 5.04. The van der Waals surface area contributed by atoms with Crippen LogP contribution in [0.5, 0.6) is 0 Å². The third kappa shape index (κ3) is 6.08. The van der Waals surface area contributed by atoms with Crippen molar-refractivity contribution >= 4 is 18.4 Å². The third-order valence-electron chi connectivity index (χ3n) is 6.97. The Labute approximate surface area is 199 Å². The minimum atomic E-state index is -4.50. The number of aliphatic imine (C=N–C) groups is 1. The van der Waals surface area contributed by atoms with Crippen molar-refractivity contribution in [3.63, 3.8) is 0 Å². The van der Waals surface area contributed by atoms with E-state index < -0.39 is 11.9 Å². The van der Waals surface area contributed by atoms with E-state index in [1.54, 1.807) is 11.2 Å². The number of allylic oxidation sites excluding steroid dienone is 2. The Hall–Kier alpha value is -2.62. The fraction of sp³-hybridized carbons (Fsp3) is 0.625. The van der Waals surface area contributed by atoms with Gasteiger partial charge in [-0.2, -0.15) is 13.2 Å². The third-order valence-corrected chi connectivity index (χ3v) is 6.97. The zero-order valence-electron chi connectivity index (χ0n) is 19.7. The molecule has 0 unspecified atom stereocenters. The summed E-state index contributed by atoms with van der Waals surface area (Å²) in [6, 6.07) is 0. The average molecular weight is 478 g/mol. The molecule has 3 aliphatic rings. The lowest BCUT2D eigenvalue weighted by molar-refractivity contribution is -0.0934. The summed E-state index contributed by atoms with van der Waals surface area (Å²) in [5.41, 5.74) is 1.16. The highest BCUT2D eigenvalue weighted by molar-refractivity contribution is 5.62. The number of nitrogens with one attached hydrogen (secondary N) is 1. The highest BCUT2D eigenvalue weighted by atomic mass is 19.4. The minimum Gasteiger partial charge on any atom is -0.374 e. The van der Waals surface area contributed by atoms with E-state index in [0.717, 1.165) is 100 Å². The molecule has 1 aromatic rings. The molecule has 2 fully saturated rings. The maximum Gasteiger partial charge on any atom is 0.434 e. The van der Waals surface area contributed by atoms with Crippen LogP contribution in [0, 0.1) is 5.92 Å². The highest BCUT2D eigenvalue weighted by Crippen LogP contribution is 2.33. The summed E-state index contributed by atoms with van der Waals surface area (Å²) in [6.45, 7) is 12.7. The summed E-state index contributed by atoms with van der Waals surface area (Å²) in [5.74, 6) is 2.10. The summed E-state index contributed by atoms with van der Waals surface area (Å²) in [5, 5.41) is 3.25. The number of rotatable bonds is 8. The van der Waals surface area contributed by atoms with Crippen molar-refractivity contribution in [3.8, 4) is 0 Å². The van der Waals surface area contributed by atoms with Gasteiger partial charge in [-0.15, -0.1) is 0 Å². The standard InChI is InChI=1S/C24H34F3N7/c1-18-5-6-20-22(31-18)29-17-30-23(20)34-11-7-19(8-12-34)15-33(14-13-32-9-3-4-10-32)16-21(28-2)24(25,26)27/h16-17,19H,1-15H2,(H,29,30,31)/b21-16-. The van der Waals surface area contributed by atoms with Gasteiger partial charge in [-0.05, 0) is 64.2 Å². The maximum atomic E-state index is 13.3. The average Bonchev–Trinajstić information content (AvgIpc) is 3.33. The molecule has 0 radical (unpaired) electrons.